The SMILES string of the molecule is COc1cccc(N=Nc2ccc3cccnc3c2O)c1. The van der Waals surface area contributed by atoms with Gasteiger partial charge in [-0.2, -0.15) is 5.11 Å². The maximum atomic E-state index is 10.2. The first-order valence-electron chi connectivity index (χ1n) is 6.40. The van der Waals surface area contributed by atoms with Crippen molar-refractivity contribution in [1.29, 1.82) is 0 Å². The van der Waals surface area contributed by atoms with Gasteiger partial charge in [0, 0.05) is 17.6 Å². The smallest absolute Gasteiger partial charge is 0.169 e. The van der Waals surface area contributed by atoms with Crippen LogP contribution in [0.2, 0.25) is 0 Å². The Labute approximate surface area is 121 Å². The number of fused-ring (bicyclic) bond motifs is 1. The van der Waals surface area contributed by atoms with Gasteiger partial charge in [0.25, 0.3) is 0 Å². The van der Waals surface area contributed by atoms with Gasteiger partial charge in [-0.25, -0.2) is 0 Å². The van der Waals surface area contributed by atoms with Crippen molar-refractivity contribution in [2.24, 2.45) is 10.2 Å². The second-order valence-electron chi connectivity index (χ2n) is 4.41. The van der Waals surface area contributed by atoms with Gasteiger partial charge in [0.1, 0.15) is 17.0 Å². The normalized spacial score (nSPS) is 11.1. The van der Waals surface area contributed by atoms with Gasteiger partial charge in [-0.3, -0.25) is 4.98 Å². The largest absolute Gasteiger partial charge is 0.504 e. The quantitative estimate of drug-likeness (QED) is 0.724. The highest BCUT2D eigenvalue weighted by atomic mass is 16.5. The monoisotopic (exact) mass is 279 g/mol. The fourth-order valence-electron chi connectivity index (χ4n) is 1.98. The lowest BCUT2D eigenvalue weighted by molar-refractivity contribution is 0.415. The number of phenolic OH excluding ortho intramolecular Hbond substituents is 1. The van der Waals surface area contributed by atoms with Crippen molar-refractivity contribution in [3.63, 3.8) is 0 Å². The molecular formula is C16H13N3O2. The van der Waals surface area contributed by atoms with Crippen LogP contribution in [0, 0.1) is 0 Å². The number of rotatable bonds is 3. The molecule has 0 fully saturated rings. The van der Waals surface area contributed by atoms with Crippen molar-refractivity contribution in [2.45, 2.75) is 0 Å². The highest BCUT2D eigenvalue weighted by molar-refractivity contribution is 5.88. The van der Waals surface area contributed by atoms with Crippen LogP contribution < -0.4 is 4.74 Å². The summed E-state index contributed by atoms with van der Waals surface area (Å²) in [5, 5.41) is 19.2. The Morgan fingerprint density at radius 2 is 1.95 bits per heavy atom. The molecule has 104 valence electrons. The van der Waals surface area contributed by atoms with Gasteiger partial charge >= 0.3 is 0 Å². The van der Waals surface area contributed by atoms with Crippen molar-refractivity contribution in [3.05, 3.63) is 54.7 Å². The van der Waals surface area contributed by atoms with E-state index in [4.69, 9.17) is 4.74 Å². The zero-order valence-corrected chi connectivity index (χ0v) is 11.4. The number of methoxy groups -OCH3 is 1. The lowest BCUT2D eigenvalue weighted by Gasteiger charge is -2.02. The number of hydrogen-bond acceptors (Lipinski definition) is 5. The van der Waals surface area contributed by atoms with E-state index in [1.165, 1.54) is 0 Å². The van der Waals surface area contributed by atoms with Crippen LogP contribution in [0.25, 0.3) is 10.9 Å². The highest BCUT2D eigenvalue weighted by Gasteiger charge is 2.06. The fraction of sp³-hybridized carbons (Fsp3) is 0.0625. The van der Waals surface area contributed by atoms with Gasteiger partial charge in [0.2, 0.25) is 0 Å². The third-order valence-electron chi connectivity index (χ3n) is 3.05. The molecule has 0 bridgehead atoms. The predicted molar refractivity (Wildman–Crippen MR) is 80.6 cm³/mol. The summed E-state index contributed by atoms with van der Waals surface area (Å²) in [6.45, 7) is 0. The average molecular weight is 279 g/mol. The predicted octanol–water partition coefficient (Wildman–Crippen LogP) is 4.36. The molecular weight excluding hydrogens is 266 g/mol. The van der Waals surface area contributed by atoms with Crippen molar-refractivity contribution in [3.8, 4) is 11.5 Å². The molecule has 1 aromatic heterocycles. The molecule has 5 nitrogen and oxygen atoms in total. The van der Waals surface area contributed by atoms with Crippen LogP contribution in [0.1, 0.15) is 0 Å². The summed E-state index contributed by atoms with van der Waals surface area (Å²) in [7, 11) is 1.59. The molecule has 3 rings (SSSR count). The molecule has 0 aliphatic carbocycles. The van der Waals surface area contributed by atoms with Gasteiger partial charge in [-0.1, -0.05) is 18.2 Å². The van der Waals surface area contributed by atoms with Crippen LogP contribution in [-0.2, 0) is 0 Å². The van der Waals surface area contributed by atoms with E-state index in [9.17, 15) is 5.11 Å². The second kappa shape index (κ2) is 5.58. The number of pyridine rings is 1. The van der Waals surface area contributed by atoms with E-state index in [-0.39, 0.29) is 5.75 Å². The van der Waals surface area contributed by atoms with Crippen LogP contribution in [0.5, 0.6) is 11.5 Å². The topological polar surface area (TPSA) is 67.1 Å². The molecule has 0 saturated carbocycles. The van der Waals surface area contributed by atoms with Gasteiger partial charge < -0.3 is 9.84 Å². The lowest BCUT2D eigenvalue weighted by Crippen LogP contribution is -1.80. The maximum absolute atomic E-state index is 10.2. The number of azo groups is 1. The van der Waals surface area contributed by atoms with Crippen LogP contribution in [0.3, 0.4) is 0 Å². The Balaban J connectivity index is 1.97. The molecule has 2 aromatic carbocycles. The fourth-order valence-corrected chi connectivity index (χ4v) is 1.98. The van der Waals surface area contributed by atoms with Crippen molar-refractivity contribution >= 4 is 22.3 Å². The molecule has 0 radical (unpaired) electrons. The van der Waals surface area contributed by atoms with E-state index in [0.717, 1.165) is 5.39 Å². The summed E-state index contributed by atoms with van der Waals surface area (Å²) in [5.41, 5.74) is 1.54. The van der Waals surface area contributed by atoms with Crippen LogP contribution in [0.4, 0.5) is 11.4 Å². The molecule has 0 spiro atoms. The molecule has 0 aliphatic rings. The highest BCUT2D eigenvalue weighted by Crippen LogP contribution is 2.34. The second-order valence-corrected chi connectivity index (χ2v) is 4.41. The molecule has 5 heteroatoms. The third-order valence-corrected chi connectivity index (χ3v) is 3.05. The summed E-state index contributed by atoms with van der Waals surface area (Å²) >= 11 is 0. The standard InChI is InChI=1S/C16H13N3O2/c1-21-13-6-2-5-12(10-13)18-19-14-8-7-11-4-3-9-17-15(11)16(14)20/h2-10,20H,1H3. The van der Waals surface area contributed by atoms with Gasteiger partial charge in [0.15, 0.2) is 5.75 Å². The van der Waals surface area contributed by atoms with E-state index in [1.807, 2.05) is 36.4 Å². The molecule has 21 heavy (non-hydrogen) atoms. The van der Waals surface area contributed by atoms with Gasteiger partial charge in [-0.15, -0.1) is 5.11 Å². The number of hydrogen-bond donors (Lipinski definition) is 1. The van der Waals surface area contributed by atoms with E-state index in [0.29, 0.717) is 22.6 Å². The van der Waals surface area contributed by atoms with Gasteiger partial charge in [0.05, 0.1) is 12.8 Å². The molecule has 0 saturated heterocycles. The van der Waals surface area contributed by atoms with E-state index in [1.54, 1.807) is 25.4 Å². The first-order valence-corrected chi connectivity index (χ1v) is 6.40. The first-order chi connectivity index (χ1) is 10.3. The number of nitrogens with zero attached hydrogens (tertiary/aromatic N) is 3. The minimum absolute atomic E-state index is 0.0275. The van der Waals surface area contributed by atoms with Crippen LogP contribution in [-0.4, -0.2) is 17.2 Å². The Morgan fingerprint density at radius 3 is 2.81 bits per heavy atom. The van der Waals surface area contributed by atoms with E-state index in [2.05, 4.69) is 15.2 Å². The van der Waals surface area contributed by atoms with E-state index >= 15 is 0 Å². The van der Waals surface area contributed by atoms with Gasteiger partial charge in [-0.05, 0) is 24.3 Å². The van der Waals surface area contributed by atoms with Crippen LogP contribution >= 0.6 is 0 Å². The number of aromatic hydroxyl groups is 1. The zero-order chi connectivity index (χ0) is 14.7. The molecule has 1 heterocycles. The number of benzene rings is 2. The summed E-state index contributed by atoms with van der Waals surface area (Å²) < 4.78 is 5.13. The Hall–Kier alpha value is -2.95. The minimum Gasteiger partial charge on any atom is -0.504 e. The summed E-state index contributed by atoms with van der Waals surface area (Å²) in [5.74, 6) is 0.732. The van der Waals surface area contributed by atoms with Crippen LogP contribution in [0.15, 0.2) is 65.0 Å². The molecule has 0 unspecified atom stereocenters. The zero-order valence-electron chi connectivity index (χ0n) is 11.4. The Kier molecular flexibility index (Phi) is 3.47. The lowest BCUT2D eigenvalue weighted by atomic mass is 10.2. The molecule has 0 aliphatic heterocycles. The molecule has 1 N–H and O–H groups in total. The summed E-state index contributed by atoms with van der Waals surface area (Å²) in [6.07, 6.45) is 1.63. The van der Waals surface area contributed by atoms with Crippen molar-refractivity contribution in [1.82, 2.24) is 4.98 Å². The first kappa shape index (κ1) is 13.1. The number of aromatic nitrogens is 1. The average Bonchev–Trinajstić information content (AvgIpc) is 2.55. The minimum atomic E-state index is 0.0275. The third kappa shape index (κ3) is 2.67. The molecule has 3 aromatic rings. The number of phenols is 1. The molecule has 0 atom stereocenters. The van der Waals surface area contributed by atoms with Crippen molar-refractivity contribution < 1.29 is 9.84 Å². The summed E-state index contributed by atoms with van der Waals surface area (Å²) in [6, 6.07) is 14.5. The Bertz CT molecular complexity index is 815. The Morgan fingerprint density at radius 1 is 1.05 bits per heavy atom. The maximum Gasteiger partial charge on any atom is 0.169 e. The van der Waals surface area contributed by atoms with Crippen molar-refractivity contribution in [2.75, 3.05) is 7.11 Å². The van der Waals surface area contributed by atoms with E-state index < -0.39 is 0 Å². The summed E-state index contributed by atoms with van der Waals surface area (Å²) in [4.78, 5) is 4.15. The molecule has 0 amide bonds. The number of ether oxygens (including phenoxy) is 1.